The Bertz CT molecular complexity index is 588. The van der Waals surface area contributed by atoms with Crippen molar-refractivity contribution in [3.63, 3.8) is 0 Å². The van der Waals surface area contributed by atoms with Gasteiger partial charge in [-0.05, 0) is 43.1 Å². The molecule has 5 nitrogen and oxygen atoms in total. The van der Waals surface area contributed by atoms with E-state index in [-0.39, 0.29) is 12.3 Å². The molecule has 0 amide bonds. The Labute approximate surface area is 110 Å². The minimum Gasteiger partial charge on any atom is -0.481 e. The first-order valence-electron chi connectivity index (χ1n) is 6.43. The van der Waals surface area contributed by atoms with Crippen molar-refractivity contribution >= 4 is 17.1 Å². The van der Waals surface area contributed by atoms with Crippen LogP contribution in [0.2, 0.25) is 0 Å². The van der Waals surface area contributed by atoms with Gasteiger partial charge in [0, 0.05) is 13.1 Å². The average molecular weight is 260 g/mol. The van der Waals surface area contributed by atoms with Gasteiger partial charge in [-0.25, -0.2) is 4.98 Å². The fraction of sp³-hybridized carbons (Fsp3) is 0.429. The average Bonchev–Trinajstić information content (AvgIpc) is 2.63. The largest absolute Gasteiger partial charge is 0.481 e. The number of fused-ring (bicyclic) bond motifs is 2. The highest BCUT2D eigenvalue weighted by molar-refractivity contribution is 5.76. The number of carboxylic acid groups (broad SMARTS) is 1. The maximum Gasteiger partial charge on any atom is 0.312 e. The molecule has 0 unspecified atom stereocenters. The molecule has 1 aliphatic rings. The van der Waals surface area contributed by atoms with Gasteiger partial charge in [0.2, 0.25) is 5.89 Å². The Morgan fingerprint density at radius 1 is 1.37 bits per heavy atom. The molecule has 0 spiro atoms. The second kappa shape index (κ2) is 4.66. The van der Waals surface area contributed by atoms with E-state index in [4.69, 9.17) is 9.52 Å². The van der Waals surface area contributed by atoms with Gasteiger partial charge in [0.1, 0.15) is 11.9 Å². The van der Waals surface area contributed by atoms with Gasteiger partial charge in [-0.2, -0.15) is 0 Å². The molecule has 0 radical (unpaired) electrons. The van der Waals surface area contributed by atoms with Crippen molar-refractivity contribution in [3.8, 4) is 0 Å². The van der Waals surface area contributed by atoms with Gasteiger partial charge in [-0.15, -0.1) is 0 Å². The number of likely N-dealkylation sites (N-methyl/N-ethyl adjacent to an activating group) is 1. The number of benzene rings is 1. The third kappa shape index (κ3) is 2.46. The van der Waals surface area contributed by atoms with E-state index in [1.807, 2.05) is 12.1 Å². The van der Waals surface area contributed by atoms with Crippen molar-refractivity contribution in [2.45, 2.75) is 19.3 Å². The summed E-state index contributed by atoms with van der Waals surface area (Å²) in [5.41, 5.74) is 4.04. The molecule has 1 aliphatic heterocycles. The molecular formula is C14H16N2O3. The zero-order valence-electron chi connectivity index (χ0n) is 10.8. The van der Waals surface area contributed by atoms with Gasteiger partial charge in [0.05, 0.1) is 0 Å². The number of carbonyl (C=O) groups is 1. The minimum absolute atomic E-state index is 0.165. The van der Waals surface area contributed by atoms with Crippen LogP contribution in [0.1, 0.15) is 17.0 Å². The zero-order chi connectivity index (χ0) is 13.4. The molecule has 2 aromatic rings. The van der Waals surface area contributed by atoms with E-state index in [0.717, 1.165) is 31.4 Å². The lowest BCUT2D eigenvalue weighted by atomic mass is 10.0. The van der Waals surface area contributed by atoms with Crippen molar-refractivity contribution < 1.29 is 14.3 Å². The normalized spacial score (nSPS) is 16.3. The quantitative estimate of drug-likeness (QED) is 0.886. The number of oxazole rings is 1. The Hall–Kier alpha value is -1.88. The van der Waals surface area contributed by atoms with Gasteiger partial charge in [0.15, 0.2) is 5.58 Å². The topological polar surface area (TPSA) is 66.6 Å². The maximum atomic E-state index is 10.7. The first kappa shape index (κ1) is 12.2. The smallest absolute Gasteiger partial charge is 0.312 e. The molecule has 1 N–H and O–H groups in total. The van der Waals surface area contributed by atoms with E-state index >= 15 is 0 Å². The van der Waals surface area contributed by atoms with Crippen LogP contribution in [-0.2, 0) is 24.1 Å². The minimum atomic E-state index is -0.922. The number of carboxylic acids is 1. The summed E-state index contributed by atoms with van der Waals surface area (Å²) in [7, 11) is 2.12. The van der Waals surface area contributed by atoms with Gasteiger partial charge in [0.25, 0.3) is 0 Å². The van der Waals surface area contributed by atoms with Crippen LogP contribution < -0.4 is 0 Å². The summed E-state index contributed by atoms with van der Waals surface area (Å²) in [4.78, 5) is 17.2. The summed E-state index contributed by atoms with van der Waals surface area (Å²) in [5, 5.41) is 8.76. The number of hydrogen-bond acceptors (Lipinski definition) is 4. The summed E-state index contributed by atoms with van der Waals surface area (Å²) in [6.45, 7) is 2.08. The molecule has 1 aromatic carbocycles. The fourth-order valence-corrected chi connectivity index (χ4v) is 2.51. The van der Waals surface area contributed by atoms with E-state index in [0.29, 0.717) is 5.58 Å². The predicted octanol–water partition coefficient (Wildman–Crippen LogP) is 1.49. The van der Waals surface area contributed by atoms with Gasteiger partial charge < -0.3 is 14.4 Å². The second-order valence-corrected chi connectivity index (χ2v) is 5.07. The first-order valence-corrected chi connectivity index (χ1v) is 6.43. The van der Waals surface area contributed by atoms with Crippen LogP contribution in [0.4, 0.5) is 0 Å². The lowest BCUT2D eigenvalue weighted by Crippen LogP contribution is -2.20. The molecule has 19 heavy (non-hydrogen) atoms. The van der Waals surface area contributed by atoms with Crippen LogP contribution in [0.3, 0.4) is 0 Å². The number of aromatic nitrogens is 1. The SMILES string of the molecule is CN1CCc2cc3nc(CC(=O)O)oc3cc2CC1. The number of hydrogen-bond donors (Lipinski definition) is 1. The molecule has 0 saturated carbocycles. The molecule has 1 aromatic heterocycles. The highest BCUT2D eigenvalue weighted by Crippen LogP contribution is 2.24. The third-order valence-corrected chi connectivity index (χ3v) is 3.58. The zero-order valence-corrected chi connectivity index (χ0v) is 10.8. The lowest BCUT2D eigenvalue weighted by Gasteiger charge is -2.10. The highest BCUT2D eigenvalue weighted by Gasteiger charge is 2.15. The van der Waals surface area contributed by atoms with Crippen LogP contribution in [0, 0.1) is 0 Å². The molecule has 0 atom stereocenters. The molecule has 0 bridgehead atoms. The summed E-state index contributed by atoms with van der Waals surface area (Å²) >= 11 is 0. The lowest BCUT2D eigenvalue weighted by molar-refractivity contribution is -0.136. The summed E-state index contributed by atoms with van der Waals surface area (Å²) in [6, 6.07) is 4.06. The van der Waals surface area contributed by atoms with E-state index in [9.17, 15) is 4.79 Å². The second-order valence-electron chi connectivity index (χ2n) is 5.07. The van der Waals surface area contributed by atoms with Gasteiger partial charge in [-0.1, -0.05) is 0 Å². The van der Waals surface area contributed by atoms with Crippen LogP contribution in [0.15, 0.2) is 16.5 Å². The van der Waals surface area contributed by atoms with Crippen LogP contribution >= 0.6 is 0 Å². The highest BCUT2D eigenvalue weighted by atomic mass is 16.4. The number of rotatable bonds is 2. The molecule has 5 heteroatoms. The van der Waals surface area contributed by atoms with Crippen molar-refractivity contribution in [2.24, 2.45) is 0 Å². The predicted molar refractivity (Wildman–Crippen MR) is 70.3 cm³/mol. The number of nitrogens with zero attached hydrogens (tertiary/aromatic N) is 2. The molecule has 100 valence electrons. The Kier molecular flexibility index (Phi) is 2.98. The summed E-state index contributed by atoms with van der Waals surface area (Å²) < 4.78 is 5.51. The Morgan fingerprint density at radius 3 is 2.74 bits per heavy atom. The van der Waals surface area contributed by atoms with Crippen LogP contribution in [0.25, 0.3) is 11.1 Å². The molecule has 0 fully saturated rings. The van der Waals surface area contributed by atoms with Crippen molar-refractivity contribution in [1.82, 2.24) is 9.88 Å². The van der Waals surface area contributed by atoms with E-state index in [1.165, 1.54) is 11.1 Å². The molecular weight excluding hydrogens is 244 g/mol. The Balaban J connectivity index is 1.99. The molecule has 3 rings (SSSR count). The van der Waals surface area contributed by atoms with E-state index < -0.39 is 5.97 Å². The fourth-order valence-electron chi connectivity index (χ4n) is 2.51. The standard InChI is InChI=1S/C14H16N2O3/c1-16-4-2-9-6-11-12(7-10(9)3-5-16)19-13(15-11)8-14(17)18/h6-7H,2-5,8H2,1H3,(H,17,18). The van der Waals surface area contributed by atoms with E-state index in [1.54, 1.807) is 0 Å². The number of aliphatic carboxylic acids is 1. The molecule has 2 heterocycles. The van der Waals surface area contributed by atoms with Gasteiger partial charge >= 0.3 is 5.97 Å². The van der Waals surface area contributed by atoms with Crippen molar-refractivity contribution in [1.29, 1.82) is 0 Å². The van der Waals surface area contributed by atoms with Gasteiger partial charge in [-0.3, -0.25) is 4.79 Å². The third-order valence-electron chi connectivity index (χ3n) is 3.58. The van der Waals surface area contributed by atoms with Crippen molar-refractivity contribution in [3.05, 3.63) is 29.2 Å². The summed E-state index contributed by atoms with van der Waals surface area (Å²) in [5.74, 6) is -0.644. The van der Waals surface area contributed by atoms with Crippen LogP contribution in [-0.4, -0.2) is 41.1 Å². The monoisotopic (exact) mass is 260 g/mol. The van der Waals surface area contributed by atoms with E-state index in [2.05, 4.69) is 16.9 Å². The maximum absolute atomic E-state index is 10.7. The molecule has 0 saturated heterocycles. The van der Waals surface area contributed by atoms with Crippen LogP contribution in [0.5, 0.6) is 0 Å². The van der Waals surface area contributed by atoms with Crippen molar-refractivity contribution in [2.75, 3.05) is 20.1 Å². The Morgan fingerprint density at radius 2 is 2.05 bits per heavy atom. The molecule has 0 aliphatic carbocycles. The summed E-state index contributed by atoms with van der Waals surface area (Å²) in [6.07, 6.45) is 1.84. The first-order chi connectivity index (χ1) is 9.11.